The molecule has 1 aromatic carbocycles. The van der Waals surface area contributed by atoms with Crippen molar-refractivity contribution >= 4 is 17.3 Å². The molecular formula is C11H16N2O2. The number of aliphatic hydroxyl groups excluding tert-OH is 1. The quantitative estimate of drug-likeness (QED) is 0.781. The van der Waals surface area contributed by atoms with E-state index < -0.39 is 12.0 Å². The molecule has 4 nitrogen and oxygen atoms in total. The predicted molar refractivity (Wildman–Crippen MR) is 61.1 cm³/mol. The lowest BCUT2D eigenvalue weighted by Crippen LogP contribution is -2.24. The van der Waals surface area contributed by atoms with Crippen molar-refractivity contribution in [1.82, 2.24) is 0 Å². The molecule has 0 aliphatic carbocycles. The number of rotatable bonds is 3. The highest BCUT2D eigenvalue weighted by molar-refractivity contribution is 5.93. The summed E-state index contributed by atoms with van der Waals surface area (Å²) in [5, 5.41) is 11.6. The Morgan fingerprint density at radius 3 is 2.27 bits per heavy atom. The first-order chi connectivity index (χ1) is 7.00. The number of hydrogen-bond acceptors (Lipinski definition) is 3. The molecule has 1 unspecified atom stereocenters. The second-order valence-electron chi connectivity index (χ2n) is 3.61. The van der Waals surface area contributed by atoms with Gasteiger partial charge in [-0.1, -0.05) is 0 Å². The van der Waals surface area contributed by atoms with E-state index in [1.807, 2.05) is 31.1 Å². The molecule has 1 rings (SSSR count). The molecule has 0 spiro atoms. The molecule has 0 saturated heterocycles. The van der Waals surface area contributed by atoms with Crippen LogP contribution >= 0.6 is 0 Å². The topological polar surface area (TPSA) is 52.6 Å². The van der Waals surface area contributed by atoms with Crippen molar-refractivity contribution in [3.05, 3.63) is 24.3 Å². The van der Waals surface area contributed by atoms with Gasteiger partial charge in [-0.05, 0) is 31.2 Å². The first-order valence-corrected chi connectivity index (χ1v) is 4.77. The number of carbonyl (C=O) groups is 1. The second-order valence-corrected chi connectivity index (χ2v) is 3.61. The van der Waals surface area contributed by atoms with Crippen molar-refractivity contribution in [2.24, 2.45) is 0 Å². The summed E-state index contributed by atoms with van der Waals surface area (Å²) in [6.07, 6.45) is -0.987. The van der Waals surface area contributed by atoms with Gasteiger partial charge in [0.1, 0.15) is 6.10 Å². The van der Waals surface area contributed by atoms with Gasteiger partial charge in [0.2, 0.25) is 0 Å². The summed E-state index contributed by atoms with van der Waals surface area (Å²) >= 11 is 0. The van der Waals surface area contributed by atoms with Crippen molar-refractivity contribution in [3.63, 3.8) is 0 Å². The van der Waals surface area contributed by atoms with Gasteiger partial charge in [0, 0.05) is 25.5 Å². The molecule has 0 aliphatic heterocycles. The summed E-state index contributed by atoms with van der Waals surface area (Å²) in [6.45, 7) is 1.43. The van der Waals surface area contributed by atoms with Crippen LogP contribution in [0.25, 0.3) is 0 Å². The van der Waals surface area contributed by atoms with Crippen LogP contribution in [-0.4, -0.2) is 31.2 Å². The third-order valence-electron chi connectivity index (χ3n) is 2.03. The van der Waals surface area contributed by atoms with E-state index >= 15 is 0 Å². The molecule has 0 saturated carbocycles. The maximum Gasteiger partial charge on any atom is 0.252 e. The number of amides is 1. The van der Waals surface area contributed by atoms with Gasteiger partial charge < -0.3 is 15.3 Å². The van der Waals surface area contributed by atoms with Crippen molar-refractivity contribution in [2.75, 3.05) is 24.3 Å². The van der Waals surface area contributed by atoms with Gasteiger partial charge >= 0.3 is 0 Å². The van der Waals surface area contributed by atoms with Crippen LogP contribution in [0.3, 0.4) is 0 Å². The van der Waals surface area contributed by atoms with Crippen LogP contribution in [0.1, 0.15) is 6.92 Å². The van der Waals surface area contributed by atoms with Gasteiger partial charge in [-0.25, -0.2) is 0 Å². The van der Waals surface area contributed by atoms with Crippen LogP contribution in [0, 0.1) is 0 Å². The van der Waals surface area contributed by atoms with Gasteiger partial charge in [-0.3, -0.25) is 4.79 Å². The zero-order valence-corrected chi connectivity index (χ0v) is 9.19. The number of nitrogens with zero attached hydrogens (tertiary/aromatic N) is 1. The maximum absolute atomic E-state index is 11.2. The fourth-order valence-corrected chi connectivity index (χ4v) is 1.09. The minimum Gasteiger partial charge on any atom is -0.384 e. The Hall–Kier alpha value is -1.55. The van der Waals surface area contributed by atoms with E-state index in [9.17, 15) is 4.79 Å². The molecule has 0 aromatic heterocycles. The van der Waals surface area contributed by atoms with E-state index in [2.05, 4.69) is 5.32 Å². The molecule has 0 bridgehead atoms. The monoisotopic (exact) mass is 208 g/mol. The molecule has 1 atom stereocenters. The Labute approximate surface area is 89.5 Å². The molecular weight excluding hydrogens is 192 g/mol. The van der Waals surface area contributed by atoms with E-state index in [-0.39, 0.29) is 0 Å². The van der Waals surface area contributed by atoms with Crippen LogP contribution < -0.4 is 10.2 Å². The number of anilines is 2. The van der Waals surface area contributed by atoms with E-state index in [0.29, 0.717) is 5.69 Å². The van der Waals surface area contributed by atoms with E-state index in [4.69, 9.17) is 5.11 Å². The lowest BCUT2D eigenvalue weighted by Gasteiger charge is -2.13. The first kappa shape index (κ1) is 11.5. The molecule has 0 fully saturated rings. The number of benzene rings is 1. The highest BCUT2D eigenvalue weighted by atomic mass is 16.3. The Bertz CT molecular complexity index is 331. The Kier molecular flexibility index (Phi) is 3.68. The van der Waals surface area contributed by atoms with Gasteiger partial charge in [0.05, 0.1) is 0 Å². The van der Waals surface area contributed by atoms with Crippen LogP contribution in [0.5, 0.6) is 0 Å². The second kappa shape index (κ2) is 4.79. The van der Waals surface area contributed by atoms with Crippen molar-refractivity contribution in [1.29, 1.82) is 0 Å². The molecule has 4 heteroatoms. The summed E-state index contributed by atoms with van der Waals surface area (Å²) in [6, 6.07) is 7.40. The largest absolute Gasteiger partial charge is 0.384 e. The Morgan fingerprint density at radius 2 is 1.87 bits per heavy atom. The van der Waals surface area contributed by atoms with Crippen LogP contribution in [0.2, 0.25) is 0 Å². The number of carbonyl (C=O) groups excluding carboxylic acids is 1. The molecule has 0 aliphatic rings. The molecule has 1 aromatic rings. The van der Waals surface area contributed by atoms with Gasteiger partial charge in [0.15, 0.2) is 0 Å². The lowest BCUT2D eigenvalue weighted by atomic mass is 10.2. The van der Waals surface area contributed by atoms with E-state index in [0.717, 1.165) is 5.69 Å². The standard InChI is InChI=1S/C11H16N2O2/c1-8(14)11(15)12-9-4-6-10(7-5-9)13(2)3/h4-8,14H,1-3H3,(H,12,15). The normalized spacial score (nSPS) is 12.0. The minimum absolute atomic E-state index is 0.396. The summed E-state index contributed by atoms with van der Waals surface area (Å²) in [5.41, 5.74) is 1.75. The minimum atomic E-state index is -0.987. The summed E-state index contributed by atoms with van der Waals surface area (Å²) in [4.78, 5) is 13.1. The number of aliphatic hydroxyl groups is 1. The van der Waals surface area contributed by atoms with Gasteiger partial charge in [0.25, 0.3) is 5.91 Å². The smallest absolute Gasteiger partial charge is 0.252 e. The zero-order chi connectivity index (χ0) is 11.4. The zero-order valence-electron chi connectivity index (χ0n) is 9.19. The SMILES string of the molecule is CC(O)C(=O)Nc1ccc(N(C)C)cc1. The van der Waals surface area contributed by atoms with Crippen molar-refractivity contribution < 1.29 is 9.90 Å². The van der Waals surface area contributed by atoms with Gasteiger partial charge in [-0.2, -0.15) is 0 Å². The number of nitrogens with one attached hydrogen (secondary N) is 1. The molecule has 1 amide bonds. The molecule has 0 heterocycles. The summed E-state index contributed by atoms with van der Waals surface area (Å²) in [5.74, 6) is -0.396. The van der Waals surface area contributed by atoms with Crippen molar-refractivity contribution in [2.45, 2.75) is 13.0 Å². The third kappa shape index (κ3) is 3.25. The molecule has 2 N–H and O–H groups in total. The number of hydrogen-bond donors (Lipinski definition) is 2. The van der Waals surface area contributed by atoms with Crippen LogP contribution in [0.4, 0.5) is 11.4 Å². The fourth-order valence-electron chi connectivity index (χ4n) is 1.09. The molecule has 0 radical (unpaired) electrons. The van der Waals surface area contributed by atoms with Crippen LogP contribution in [0.15, 0.2) is 24.3 Å². The van der Waals surface area contributed by atoms with Crippen LogP contribution in [-0.2, 0) is 4.79 Å². The fraction of sp³-hybridized carbons (Fsp3) is 0.364. The van der Waals surface area contributed by atoms with E-state index in [1.54, 1.807) is 12.1 Å². The lowest BCUT2D eigenvalue weighted by molar-refractivity contribution is -0.123. The van der Waals surface area contributed by atoms with E-state index in [1.165, 1.54) is 6.92 Å². The molecule has 82 valence electrons. The average Bonchev–Trinajstić information content (AvgIpc) is 2.18. The molecule has 15 heavy (non-hydrogen) atoms. The third-order valence-corrected chi connectivity index (χ3v) is 2.03. The maximum atomic E-state index is 11.2. The first-order valence-electron chi connectivity index (χ1n) is 4.77. The predicted octanol–water partition coefficient (Wildman–Crippen LogP) is 1.07. The Balaban J connectivity index is 2.69. The Morgan fingerprint density at radius 1 is 1.33 bits per heavy atom. The highest BCUT2D eigenvalue weighted by Crippen LogP contribution is 2.15. The van der Waals surface area contributed by atoms with Crippen molar-refractivity contribution in [3.8, 4) is 0 Å². The summed E-state index contributed by atoms with van der Waals surface area (Å²) < 4.78 is 0. The average molecular weight is 208 g/mol. The van der Waals surface area contributed by atoms with Gasteiger partial charge in [-0.15, -0.1) is 0 Å². The summed E-state index contributed by atoms with van der Waals surface area (Å²) in [7, 11) is 3.90. The highest BCUT2D eigenvalue weighted by Gasteiger charge is 2.08.